The zero-order valence-electron chi connectivity index (χ0n) is 12.2. The van der Waals surface area contributed by atoms with Gasteiger partial charge in [-0.1, -0.05) is 12.2 Å². The predicted octanol–water partition coefficient (Wildman–Crippen LogP) is 0.812. The van der Waals surface area contributed by atoms with E-state index in [2.05, 4.69) is 10.2 Å². The molecule has 6 heteroatoms. The minimum Gasteiger partial charge on any atom is -0.392 e. The third-order valence-corrected chi connectivity index (χ3v) is 4.64. The molecule has 0 aromatic rings. The Kier molecular flexibility index (Phi) is 5.35. The highest BCUT2D eigenvalue weighted by Crippen LogP contribution is 2.37. The molecule has 114 valence electrons. The van der Waals surface area contributed by atoms with Crippen molar-refractivity contribution in [1.82, 2.24) is 10.2 Å². The van der Waals surface area contributed by atoms with Crippen LogP contribution in [0.1, 0.15) is 38.5 Å². The molecule has 5 nitrogen and oxygen atoms in total. The number of amides is 1. The van der Waals surface area contributed by atoms with Crippen molar-refractivity contribution in [3.05, 3.63) is 0 Å². The molecule has 1 saturated heterocycles. The smallest absolute Gasteiger partial charge is 0.223 e. The van der Waals surface area contributed by atoms with Gasteiger partial charge in [-0.2, -0.15) is 0 Å². The molecule has 0 radical (unpaired) electrons. The average Bonchev–Trinajstić information content (AvgIpc) is 2.36. The number of nitrogens with two attached hydrogens (primary N) is 1. The minimum absolute atomic E-state index is 0.124. The zero-order chi connectivity index (χ0) is 14.6. The number of rotatable bonds is 6. The van der Waals surface area contributed by atoms with E-state index in [4.69, 9.17) is 22.7 Å². The summed E-state index contributed by atoms with van der Waals surface area (Å²) in [6, 6.07) is 0.277. The second-order valence-electron chi connectivity index (χ2n) is 6.00. The average molecular weight is 299 g/mol. The van der Waals surface area contributed by atoms with Crippen molar-refractivity contribution < 1.29 is 9.53 Å². The Hall–Kier alpha value is -0.720. The molecule has 2 fully saturated rings. The molecular formula is C14H25N3O2S. The summed E-state index contributed by atoms with van der Waals surface area (Å²) in [4.78, 5) is 14.9. The molecule has 1 saturated carbocycles. The molecule has 0 atom stereocenters. The van der Waals surface area contributed by atoms with E-state index < -0.39 is 0 Å². The minimum atomic E-state index is -0.184. The first-order valence-corrected chi connectivity index (χ1v) is 7.79. The second-order valence-corrected chi connectivity index (χ2v) is 6.53. The number of hydrogen-bond acceptors (Lipinski definition) is 4. The summed E-state index contributed by atoms with van der Waals surface area (Å²) in [5, 5.41) is 3.14. The molecule has 0 bridgehead atoms. The Balaban J connectivity index is 1.69. The van der Waals surface area contributed by atoms with Crippen LogP contribution in [0.4, 0.5) is 0 Å². The molecule has 1 aliphatic carbocycles. The maximum atomic E-state index is 12.1. The van der Waals surface area contributed by atoms with Crippen LogP contribution >= 0.6 is 12.2 Å². The third kappa shape index (κ3) is 4.14. The van der Waals surface area contributed by atoms with E-state index in [0.29, 0.717) is 18.0 Å². The van der Waals surface area contributed by atoms with Crippen LogP contribution in [0.2, 0.25) is 0 Å². The lowest BCUT2D eigenvalue weighted by molar-refractivity contribution is -0.135. The van der Waals surface area contributed by atoms with E-state index in [1.54, 1.807) is 7.11 Å². The van der Waals surface area contributed by atoms with Gasteiger partial charge in [-0.05, 0) is 32.1 Å². The van der Waals surface area contributed by atoms with Gasteiger partial charge in [0.2, 0.25) is 5.91 Å². The maximum absolute atomic E-state index is 12.1. The van der Waals surface area contributed by atoms with Crippen molar-refractivity contribution in [2.75, 3.05) is 26.7 Å². The van der Waals surface area contributed by atoms with Gasteiger partial charge in [0.1, 0.15) is 0 Å². The van der Waals surface area contributed by atoms with E-state index in [9.17, 15) is 4.79 Å². The summed E-state index contributed by atoms with van der Waals surface area (Å²) in [7, 11) is 1.71. The Labute approximate surface area is 126 Å². The lowest BCUT2D eigenvalue weighted by Crippen LogP contribution is -2.49. The topological polar surface area (TPSA) is 67.6 Å². The number of ether oxygens (including phenoxy) is 1. The number of carbonyl (C=O) groups excluding carboxylic acids is 1. The van der Waals surface area contributed by atoms with Crippen LogP contribution in [0.5, 0.6) is 0 Å². The molecule has 1 aliphatic heterocycles. The van der Waals surface area contributed by atoms with Gasteiger partial charge >= 0.3 is 0 Å². The molecule has 2 aliphatic rings. The standard InChI is InChI=1S/C14H25N3O2S/c1-19-14(5-2-6-14)9-13(18)16-11-3-7-17(8-4-11)10-12(15)20/h11H,2-10H2,1H3,(H2,15,20)(H,16,18). The van der Waals surface area contributed by atoms with Crippen molar-refractivity contribution in [3.63, 3.8) is 0 Å². The van der Waals surface area contributed by atoms with E-state index in [-0.39, 0.29) is 17.6 Å². The summed E-state index contributed by atoms with van der Waals surface area (Å²) >= 11 is 4.92. The maximum Gasteiger partial charge on any atom is 0.223 e. The number of nitrogens with zero attached hydrogens (tertiary/aromatic N) is 1. The fourth-order valence-corrected chi connectivity index (χ4v) is 3.23. The zero-order valence-corrected chi connectivity index (χ0v) is 13.0. The van der Waals surface area contributed by atoms with Gasteiger partial charge < -0.3 is 15.8 Å². The molecule has 0 unspecified atom stereocenters. The van der Waals surface area contributed by atoms with Crippen LogP contribution in [0.15, 0.2) is 0 Å². The molecule has 20 heavy (non-hydrogen) atoms. The summed E-state index contributed by atoms with van der Waals surface area (Å²) in [6.45, 7) is 2.57. The number of likely N-dealkylation sites (tertiary alicyclic amines) is 1. The van der Waals surface area contributed by atoms with Crippen molar-refractivity contribution >= 4 is 23.1 Å². The van der Waals surface area contributed by atoms with Crippen LogP contribution in [0, 0.1) is 0 Å². The first kappa shape index (κ1) is 15.7. The van der Waals surface area contributed by atoms with Crippen LogP contribution in [0.3, 0.4) is 0 Å². The van der Waals surface area contributed by atoms with E-state index in [0.717, 1.165) is 38.8 Å². The normalized spacial score (nSPS) is 23.1. The molecule has 0 aromatic carbocycles. The Morgan fingerprint density at radius 3 is 2.55 bits per heavy atom. The lowest BCUT2D eigenvalue weighted by atomic mass is 9.77. The Morgan fingerprint density at radius 2 is 2.10 bits per heavy atom. The highest BCUT2D eigenvalue weighted by molar-refractivity contribution is 7.80. The van der Waals surface area contributed by atoms with E-state index in [1.807, 2.05) is 0 Å². The van der Waals surface area contributed by atoms with Gasteiger partial charge in [-0.15, -0.1) is 0 Å². The monoisotopic (exact) mass is 299 g/mol. The van der Waals surface area contributed by atoms with Crippen molar-refractivity contribution in [2.45, 2.75) is 50.2 Å². The van der Waals surface area contributed by atoms with Crippen LogP contribution < -0.4 is 11.1 Å². The van der Waals surface area contributed by atoms with Gasteiger partial charge in [-0.25, -0.2) is 0 Å². The van der Waals surface area contributed by atoms with Gasteiger partial charge in [0, 0.05) is 32.8 Å². The van der Waals surface area contributed by atoms with Gasteiger partial charge in [0.15, 0.2) is 0 Å². The third-order valence-electron chi connectivity index (χ3n) is 4.51. The first-order valence-electron chi connectivity index (χ1n) is 7.38. The number of carbonyl (C=O) groups is 1. The molecule has 3 N–H and O–H groups in total. The molecule has 2 rings (SSSR count). The highest BCUT2D eigenvalue weighted by atomic mass is 32.1. The number of nitrogens with one attached hydrogen (secondary N) is 1. The SMILES string of the molecule is COC1(CC(=O)NC2CCN(CC(N)=S)CC2)CCC1. The number of thiocarbonyl (C=S) groups is 1. The van der Waals surface area contributed by atoms with Gasteiger partial charge in [0.25, 0.3) is 0 Å². The van der Waals surface area contributed by atoms with Gasteiger partial charge in [0.05, 0.1) is 17.0 Å². The molecular weight excluding hydrogens is 274 g/mol. The highest BCUT2D eigenvalue weighted by Gasteiger charge is 2.39. The molecule has 1 heterocycles. The number of piperidine rings is 1. The van der Waals surface area contributed by atoms with Crippen molar-refractivity contribution in [1.29, 1.82) is 0 Å². The molecule has 1 amide bonds. The molecule has 0 aromatic heterocycles. The van der Waals surface area contributed by atoms with E-state index in [1.165, 1.54) is 6.42 Å². The summed E-state index contributed by atoms with van der Waals surface area (Å²) < 4.78 is 5.50. The Bertz CT molecular complexity index is 358. The summed E-state index contributed by atoms with van der Waals surface area (Å²) in [5.41, 5.74) is 5.37. The lowest BCUT2D eigenvalue weighted by Gasteiger charge is -2.40. The fraction of sp³-hybridized carbons (Fsp3) is 0.857. The first-order chi connectivity index (χ1) is 9.53. The predicted molar refractivity (Wildman–Crippen MR) is 82.6 cm³/mol. The number of methoxy groups -OCH3 is 1. The van der Waals surface area contributed by atoms with Crippen molar-refractivity contribution in [3.8, 4) is 0 Å². The second kappa shape index (κ2) is 6.83. The van der Waals surface area contributed by atoms with Crippen LogP contribution in [-0.4, -0.2) is 54.2 Å². The van der Waals surface area contributed by atoms with Crippen molar-refractivity contribution in [2.24, 2.45) is 5.73 Å². The number of hydrogen-bond donors (Lipinski definition) is 2. The summed E-state index contributed by atoms with van der Waals surface area (Å²) in [5.74, 6) is 0.124. The van der Waals surface area contributed by atoms with Crippen LogP contribution in [-0.2, 0) is 9.53 Å². The van der Waals surface area contributed by atoms with E-state index >= 15 is 0 Å². The summed E-state index contributed by atoms with van der Waals surface area (Å²) in [6.07, 6.45) is 5.60. The van der Waals surface area contributed by atoms with Gasteiger partial charge in [-0.3, -0.25) is 9.69 Å². The quantitative estimate of drug-likeness (QED) is 0.711. The largest absolute Gasteiger partial charge is 0.392 e. The Morgan fingerprint density at radius 1 is 1.45 bits per heavy atom. The molecule has 0 spiro atoms. The van der Waals surface area contributed by atoms with Crippen LogP contribution in [0.25, 0.3) is 0 Å². The fourth-order valence-electron chi connectivity index (χ4n) is 3.05.